The Balaban J connectivity index is 4.44. The molecule has 3 atom stereocenters. The summed E-state index contributed by atoms with van der Waals surface area (Å²) in [5, 5.41) is 23.6. The molecule has 6 nitrogen and oxygen atoms in total. The van der Waals surface area contributed by atoms with Crippen LogP contribution in [0.15, 0.2) is 48.6 Å². The third-order valence-electron chi connectivity index (χ3n) is 11.1. The zero-order valence-corrected chi connectivity index (χ0v) is 38.4. The minimum absolute atomic E-state index is 0.0608. The zero-order valence-electron chi connectivity index (χ0n) is 38.4. The van der Waals surface area contributed by atoms with E-state index in [1.165, 1.54) is 103 Å². The maximum absolute atomic E-state index is 13.1. The van der Waals surface area contributed by atoms with Crippen LogP contribution in [0.5, 0.6) is 0 Å². The Kier molecular flexibility index (Phi) is 44.2. The number of ether oxygens (including phenoxy) is 1. The number of carbonyl (C=O) groups is 2. The van der Waals surface area contributed by atoms with E-state index >= 15 is 0 Å². The molecule has 0 heterocycles. The number of unbranched alkanes of at least 4 members (excludes halogenated alkanes) is 24. The van der Waals surface area contributed by atoms with E-state index in [4.69, 9.17) is 4.74 Å². The number of hydrogen-bond acceptors (Lipinski definition) is 5. The van der Waals surface area contributed by atoms with Crippen LogP contribution in [0, 0.1) is 0 Å². The highest BCUT2D eigenvalue weighted by Gasteiger charge is 2.24. The van der Waals surface area contributed by atoms with Crippen molar-refractivity contribution in [2.45, 2.75) is 264 Å². The Bertz CT molecular complexity index is 1000. The van der Waals surface area contributed by atoms with Crippen LogP contribution in [-0.2, 0) is 14.3 Å². The van der Waals surface area contributed by atoms with Gasteiger partial charge in [-0.25, -0.2) is 0 Å². The van der Waals surface area contributed by atoms with E-state index in [0.29, 0.717) is 19.3 Å². The highest BCUT2D eigenvalue weighted by Crippen LogP contribution is 2.17. The fourth-order valence-corrected chi connectivity index (χ4v) is 7.32. The lowest BCUT2D eigenvalue weighted by Crippen LogP contribution is -2.46. The molecule has 338 valence electrons. The van der Waals surface area contributed by atoms with E-state index in [2.05, 4.69) is 74.7 Å². The van der Waals surface area contributed by atoms with Crippen molar-refractivity contribution < 1.29 is 24.5 Å². The van der Waals surface area contributed by atoms with E-state index in [0.717, 1.165) is 96.3 Å². The van der Waals surface area contributed by atoms with Crippen LogP contribution in [0.3, 0.4) is 0 Å². The molecule has 0 aliphatic rings. The Hall–Kier alpha value is -2.18. The molecule has 0 aromatic heterocycles. The second-order valence-corrected chi connectivity index (χ2v) is 16.9. The summed E-state index contributed by atoms with van der Waals surface area (Å²) in [5.41, 5.74) is 0. The lowest BCUT2D eigenvalue weighted by molar-refractivity contribution is -0.151. The Morgan fingerprint density at radius 3 is 1.47 bits per heavy atom. The summed E-state index contributed by atoms with van der Waals surface area (Å²) in [4.78, 5) is 26.0. The van der Waals surface area contributed by atoms with Gasteiger partial charge in [0.15, 0.2) is 0 Å². The number of carbonyl (C=O) groups excluding carboxylic acids is 2. The van der Waals surface area contributed by atoms with Crippen LogP contribution in [0.25, 0.3) is 0 Å². The van der Waals surface area contributed by atoms with Crippen LogP contribution in [0.2, 0.25) is 0 Å². The van der Waals surface area contributed by atoms with Crippen LogP contribution in [-0.4, -0.2) is 46.9 Å². The first kappa shape index (κ1) is 55.8. The van der Waals surface area contributed by atoms with Crippen molar-refractivity contribution in [1.29, 1.82) is 0 Å². The molecule has 0 saturated carbocycles. The molecule has 0 aliphatic heterocycles. The number of amides is 1. The number of nitrogens with one attached hydrogen (secondary N) is 1. The summed E-state index contributed by atoms with van der Waals surface area (Å²) >= 11 is 0. The van der Waals surface area contributed by atoms with Gasteiger partial charge >= 0.3 is 5.97 Å². The number of esters is 1. The molecule has 0 aliphatic carbocycles. The first-order valence-corrected chi connectivity index (χ1v) is 24.9. The molecule has 0 bridgehead atoms. The second-order valence-electron chi connectivity index (χ2n) is 16.9. The van der Waals surface area contributed by atoms with Gasteiger partial charge in [0, 0.05) is 6.42 Å². The van der Waals surface area contributed by atoms with Crippen molar-refractivity contribution in [3.63, 3.8) is 0 Å². The SMILES string of the molecule is CCC/C=C\CCCCCC(CC(=O)NC(CO)C(O)CCCCCCCCCCCCCC)OC(=O)CCCCCCCC/C=C\C/C=C\C/C=C\CCCCC. The number of aliphatic hydroxyl groups is 2. The molecule has 6 heteroatoms. The van der Waals surface area contributed by atoms with Gasteiger partial charge in [0.25, 0.3) is 0 Å². The average molecular weight is 814 g/mol. The minimum atomic E-state index is -0.792. The van der Waals surface area contributed by atoms with E-state index < -0.39 is 18.2 Å². The molecule has 3 unspecified atom stereocenters. The largest absolute Gasteiger partial charge is 0.462 e. The standard InChI is InChI=1S/C52H95NO5/c1-4-7-10-13-16-19-21-23-24-25-26-27-28-29-31-33-36-39-42-45-52(57)58-48(43-40-37-34-18-15-12-9-6-3)46-51(56)53-49(47-54)50(55)44-41-38-35-32-30-22-20-17-14-11-8-5-2/h12,15-16,19,23-24,26-27,48-50,54-55H,4-11,13-14,17-18,20-22,25,28-47H2,1-3H3,(H,53,56)/b15-12-,19-16-,24-23-,27-26-. The molecule has 0 aromatic carbocycles. The molecule has 0 aromatic rings. The predicted octanol–water partition coefficient (Wildman–Crippen LogP) is 14.7. The molecular formula is C52H95NO5. The van der Waals surface area contributed by atoms with Gasteiger partial charge in [-0.05, 0) is 83.5 Å². The fourth-order valence-electron chi connectivity index (χ4n) is 7.32. The van der Waals surface area contributed by atoms with Crippen LogP contribution >= 0.6 is 0 Å². The molecule has 0 radical (unpaired) electrons. The molecular weight excluding hydrogens is 719 g/mol. The molecule has 0 rings (SSSR count). The summed E-state index contributed by atoms with van der Waals surface area (Å²) in [7, 11) is 0. The third kappa shape index (κ3) is 40.6. The summed E-state index contributed by atoms with van der Waals surface area (Å²) in [6, 6.07) is -0.706. The number of hydrogen-bond donors (Lipinski definition) is 3. The van der Waals surface area contributed by atoms with Gasteiger partial charge < -0.3 is 20.3 Å². The second kappa shape index (κ2) is 45.9. The van der Waals surface area contributed by atoms with Gasteiger partial charge in [-0.2, -0.15) is 0 Å². The molecule has 58 heavy (non-hydrogen) atoms. The summed E-state index contributed by atoms with van der Waals surface area (Å²) in [6.45, 7) is 6.37. The lowest BCUT2D eigenvalue weighted by atomic mass is 10.0. The summed E-state index contributed by atoms with van der Waals surface area (Å²) in [5.74, 6) is -0.506. The molecule has 0 spiro atoms. The van der Waals surface area contributed by atoms with Crippen molar-refractivity contribution in [2.75, 3.05) is 6.61 Å². The van der Waals surface area contributed by atoms with Crippen molar-refractivity contribution >= 4 is 11.9 Å². The van der Waals surface area contributed by atoms with Gasteiger partial charge in [0.2, 0.25) is 5.91 Å². The van der Waals surface area contributed by atoms with E-state index in [-0.39, 0.29) is 24.9 Å². The summed E-state index contributed by atoms with van der Waals surface area (Å²) < 4.78 is 5.89. The van der Waals surface area contributed by atoms with Gasteiger partial charge in [-0.15, -0.1) is 0 Å². The maximum atomic E-state index is 13.1. The number of aliphatic hydroxyl groups excluding tert-OH is 2. The van der Waals surface area contributed by atoms with Crippen LogP contribution < -0.4 is 5.32 Å². The molecule has 0 saturated heterocycles. The van der Waals surface area contributed by atoms with Gasteiger partial charge in [0.1, 0.15) is 6.10 Å². The van der Waals surface area contributed by atoms with Crippen LogP contribution in [0.4, 0.5) is 0 Å². The first-order valence-electron chi connectivity index (χ1n) is 24.9. The van der Waals surface area contributed by atoms with Crippen LogP contribution in [0.1, 0.15) is 245 Å². The topological polar surface area (TPSA) is 95.9 Å². The van der Waals surface area contributed by atoms with Crippen molar-refractivity contribution in [1.82, 2.24) is 5.32 Å². The number of allylic oxidation sites excluding steroid dienone is 8. The van der Waals surface area contributed by atoms with Crippen molar-refractivity contribution in [3.05, 3.63) is 48.6 Å². The van der Waals surface area contributed by atoms with E-state index in [1.807, 2.05) is 0 Å². The Labute approximate surface area is 359 Å². The highest BCUT2D eigenvalue weighted by molar-refractivity contribution is 5.77. The van der Waals surface area contributed by atoms with Crippen molar-refractivity contribution in [3.8, 4) is 0 Å². The van der Waals surface area contributed by atoms with Gasteiger partial charge in [0.05, 0.1) is 25.2 Å². The van der Waals surface area contributed by atoms with Gasteiger partial charge in [-0.3, -0.25) is 9.59 Å². The monoisotopic (exact) mass is 814 g/mol. The minimum Gasteiger partial charge on any atom is -0.462 e. The fraction of sp³-hybridized carbons (Fsp3) is 0.808. The first-order chi connectivity index (χ1) is 28.5. The van der Waals surface area contributed by atoms with E-state index in [9.17, 15) is 19.8 Å². The molecule has 0 fully saturated rings. The Morgan fingerprint density at radius 2 is 0.914 bits per heavy atom. The normalized spacial score (nSPS) is 13.7. The highest BCUT2D eigenvalue weighted by atomic mass is 16.5. The predicted molar refractivity (Wildman–Crippen MR) is 250 cm³/mol. The third-order valence-corrected chi connectivity index (χ3v) is 11.1. The quantitative estimate of drug-likeness (QED) is 0.0323. The molecule has 3 N–H and O–H groups in total. The van der Waals surface area contributed by atoms with Crippen molar-refractivity contribution in [2.24, 2.45) is 0 Å². The maximum Gasteiger partial charge on any atom is 0.306 e. The zero-order chi connectivity index (χ0) is 42.4. The average Bonchev–Trinajstić information content (AvgIpc) is 3.22. The number of rotatable bonds is 44. The smallest absolute Gasteiger partial charge is 0.306 e. The van der Waals surface area contributed by atoms with Gasteiger partial charge in [-0.1, -0.05) is 198 Å². The Morgan fingerprint density at radius 1 is 0.500 bits per heavy atom. The van der Waals surface area contributed by atoms with E-state index in [1.54, 1.807) is 0 Å². The lowest BCUT2D eigenvalue weighted by Gasteiger charge is -2.24. The molecule has 1 amide bonds. The summed E-state index contributed by atoms with van der Waals surface area (Å²) in [6.07, 6.45) is 54.6.